The van der Waals surface area contributed by atoms with Crippen LogP contribution in [0.4, 0.5) is 5.13 Å². The molecule has 0 unspecified atom stereocenters. The Labute approximate surface area is 116 Å². The van der Waals surface area contributed by atoms with E-state index in [1.807, 2.05) is 6.20 Å². The van der Waals surface area contributed by atoms with E-state index < -0.39 is 0 Å². The van der Waals surface area contributed by atoms with E-state index in [1.165, 1.54) is 4.88 Å². The van der Waals surface area contributed by atoms with Gasteiger partial charge in [-0.25, -0.2) is 4.98 Å². The first-order valence-electron chi connectivity index (χ1n) is 6.64. The summed E-state index contributed by atoms with van der Waals surface area (Å²) in [5.74, 6) is 0.695. The van der Waals surface area contributed by atoms with Crippen LogP contribution in [-0.2, 0) is 6.54 Å². The molecule has 1 aromatic rings. The van der Waals surface area contributed by atoms with Crippen molar-refractivity contribution in [3.8, 4) is 0 Å². The Morgan fingerprint density at radius 2 is 2.06 bits per heavy atom. The van der Waals surface area contributed by atoms with Gasteiger partial charge in [0.15, 0.2) is 5.13 Å². The van der Waals surface area contributed by atoms with Crippen LogP contribution in [0, 0.1) is 11.3 Å². The fourth-order valence-corrected chi connectivity index (χ4v) is 2.66. The quantitative estimate of drug-likeness (QED) is 0.858. The Bertz CT molecular complexity index is 352. The van der Waals surface area contributed by atoms with Gasteiger partial charge in [0.1, 0.15) is 0 Å². The van der Waals surface area contributed by atoms with Crippen molar-refractivity contribution < 1.29 is 0 Å². The Kier molecular flexibility index (Phi) is 5.60. The molecular formula is C14H27N3S. The number of nitrogens with zero attached hydrogens (tertiary/aromatic N) is 2. The second-order valence-corrected chi connectivity index (χ2v) is 7.64. The molecule has 0 aromatic carbocycles. The standard InChI is InChI=1S/C14H27N3S/c1-11(2)7-15-8-12-9-16-13(18-12)17(6)10-14(3,4)5/h9,11,15H,7-8,10H2,1-6H3. The molecule has 104 valence electrons. The van der Waals surface area contributed by atoms with Gasteiger partial charge in [0.2, 0.25) is 0 Å². The second-order valence-electron chi connectivity index (χ2n) is 6.55. The molecule has 0 aliphatic rings. The highest BCUT2D eigenvalue weighted by atomic mass is 32.1. The van der Waals surface area contributed by atoms with Gasteiger partial charge in [-0.3, -0.25) is 0 Å². The van der Waals surface area contributed by atoms with Crippen LogP contribution in [-0.4, -0.2) is 25.1 Å². The van der Waals surface area contributed by atoms with Gasteiger partial charge in [-0.2, -0.15) is 0 Å². The molecule has 0 radical (unpaired) electrons. The summed E-state index contributed by atoms with van der Waals surface area (Å²) in [6, 6.07) is 0. The van der Waals surface area contributed by atoms with Crippen molar-refractivity contribution >= 4 is 16.5 Å². The molecule has 3 nitrogen and oxygen atoms in total. The first-order chi connectivity index (χ1) is 8.28. The molecule has 0 bridgehead atoms. The lowest BCUT2D eigenvalue weighted by Gasteiger charge is -2.26. The minimum absolute atomic E-state index is 0.302. The van der Waals surface area contributed by atoms with Crippen molar-refractivity contribution in [2.75, 3.05) is 25.0 Å². The molecule has 1 N–H and O–H groups in total. The summed E-state index contributed by atoms with van der Waals surface area (Å²) in [4.78, 5) is 8.06. The fraction of sp³-hybridized carbons (Fsp3) is 0.786. The normalized spacial score (nSPS) is 12.2. The molecule has 1 aromatic heterocycles. The van der Waals surface area contributed by atoms with E-state index in [1.54, 1.807) is 11.3 Å². The van der Waals surface area contributed by atoms with Crippen molar-refractivity contribution in [1.82, 2.24) is 10.3 Å². The first-order valence-corrected chi connectivity index (χ1v) is 7.46. The van der Waals surface area contributed by atoms with Gasteiger partial charge in [-0.1, -0.05) is 34.6 Å². The summed E-state index contributed by atoms with van der Waals surface area (Å²) < 4.78 is 0. The maximum absolute atomic E-state index is 4.50. The number of anilines is 1. The van der Waals surface area contributed by atoms with Gasteiger partial charge in [0, 0.05) is 31.2 Å². The van der Waals surface area contributed by atoms with E-state index in [0.29, 0.717) is 11.3 Å². The van der Waals surface area contributed by atoms with E-state index >= 15 is 0 Å². The topological polar surface area (TPSA) is 28.2 Å². The van der Waals surface area contributed by atoms with Crippen LogP contribution in [0.5, 0.6) is 0 Å². The smallest absolute Gasteiger partial charge is 0.185 e. The first kappa shape index (κ1) is 15.4. The van der Waals surface area contributed by atoms with Crippen LogP contribution < -0.4 is 10.2 Å². The zero-order valence-corrected chi connectivity index (χ0v) is 13.4. The predicted octanol–water partition coefficient (Wildman–Crippen LogP) is 3.37. The molecule has 0 atom stereocenters. The minimum atomic E-state index is 0.302. The SMILES string of the molecule is CC(C)CNCc1cnc(N(C)CC(C)(C)C)s1. The van der Waals surface area contributed by atoms with Gasteiger partial charge in [0.05, 0.1) is 0 Å². The van der Waals surface area contributed by atoms with Gasteiger partial charge in [-0.15, -0.1) is 11.3 Å². The average molecular weight is 269 g/mol. The minimum Gasteiger partial charge on any atom is -0.351 e. The fourth-order valence-electron chi connectivity index (χ4n) is 1.82. The molecular weight excluding hydrogens is 242 g/mol. The molecule has 1 rings (SSSR count). The highest BCUT2D eigenvalue weighted by Gasteiger charge is 2.16. The van der Waals surface area contributed by atoms with E-state index in [9.17, 15) is 0 Å². The van der Waals surface area contributed by atoms with Crippen molar-refractivity contribution in [2.24, 2.45) is 11.3 Å². The number of hydrogen-bond acceptors (Lipinski definition) is 4. The van der Waals surface area contributed by atoms with Crippen molar-refractivity contribution in [2.45, 2.75) is 41.2 Å². The van der Waals surface area contributed by atoms with Crippen LogP contribution in [0.15, 0.2) is 6.20 Å². The van der Waals surface area contributed by atoms with Gasteiger partial charge in [-0.05, 0) is 17.9 Å². The number of thiazole rings is 1. The van der Waals surface area contributed by atoms with Crippen LogP contribution in [0.3, 0.4) is 0 Å². The second kappa shape index (κ2) is 6.53. The molecule has 4 heteroatoms. The number of hydrogen-bond donors (Lipinski definition) is 1. The van der Waals surface area contributed by atoms with Gasteiger partial charge in [0.25, 0.3) is 0 Å². The highest BCUT2D eigenvalue weighted by Crippen LogP contribution is 2.24. The molecule has 0 aliphatic heterocycles. The Hall–Kier alpha value is -0.610. The third-order valence-corrected chi connectivity index (χ3v) is 3.54. The molecule has 0 aliphatic carbocycles. The lowest BCUT2D eigenvalue weighted by atomic mass is 9.96. The Morgan fingerprint density at radius 1 is 1.39 bits per heavy atom. The van der Waals surface area contributed by atoms with Gasteiger partial charge >= 0.3 is 0 Å². The maximum Gasteiger partial charge on any atom is 0.185 e. The lowest BCUT2D eigenvalue weighted by Crippen LogP contribution is -2.28. The maximum atomic E-state index is 4.50. The molecule has 0 saturated carbocycles. The van der Waals surface area contributed by atoms with Crippen molar-refractivity contribution in [3.63, 3.8) is 0 Å². The predicted molar refractivity (Wildman–Crippen MR) is 81.4 cm³/mol. The summed E-state index contributed by atoms with van der Waals surface area (Å²) >= 11 is 1.79. The van der Waals surface area contributed by atoms with Gasteiger partial charge < -0.3 is 10.2 Å². The zero-order valence-electron chi connectivity index (χ0n) is 12.6. The molecule has 18 heavy (non-hydrogen) atoms. The summed E-state index contributed by atoms with van der Waals surface area (Å²) in [5.41, 5.74) is 0.302. The largest absolute Gasteiger partial charge is 0.351 e. The monoisotopic (exact) mass is 269 g/mol. The number of nitrogens with one attached hydrogen (secondary N) is 1. The molecule has 0 spiro atoms. The van der Waals surface area contributed by atoms with Crippen LogP contribution in [0.2, 0.25) is 0 Å². The van der Waals surface area contributed by atoms with Crippen molar-refractivity contribution in [1.29, 1.82) is 0 Å². The van der Waals surface area contributed by atoms with E-state index in [0.717, 1.165) is 24.8 Å². The zero-order chi connectivity index (χ0) is 13.8. The average Bonchev–Trinajstić information content (AvgIpc) is 2.63. The Morgan fingerprint density at radius 3 is 2.61 bits per heavy atom. The van der Waals surface area contributed by atoms with Crippen molar-refractivity contribution in [3.05, 3.63) is 11.1 Å². The molecule has 0 amide bonds. The Balaban J connectivity index is 2.47. The molecule has 1 heterocycles. The van der Waals surface area contributed by atoms with E-state index in [-0.39, 0.29) is 0 Å². The van der Waals surface area contributed by atoms with E-state index in [2.05, 4.69) is 56.9 Å². The molecule has 0 saturated heterocycles. The van der Waals surface area contributed by atoms with Crippen LogP contribution in [0.25, 0.3) is 0 Å². The molecule has 0 fully saturated rings. The number of rotatable bonds is 6. The lowest BCUT2D eigenvalue weighted by molar-refractivity contribution is 0.419. The summed E-state index contributed by atoms with van der Waals surface area (Å²) in [5, 5.41) is 4.57. The third kappa shape index (κ3) is 5.83. The van der Waals surface area contributed by atoms with Crippen LogP contribution in [0.1, 0.15) is 39.5 Å². The third-order valence-electron chi connectivity index (χ3n) is 2.43. The summed E-state index contributed by atoms with van der Waals surface area (Å²) in [6.45, 7) is 14.2. The number of aromatic nitrogens is 1. The summed E-state index contributed by atoms with van der Waals surface area (Å²) in [6.07, 6.45) is 1.99. The summed E-state index contributed by atoms with van der Waals surface area (Å²) in [7, 11) is 2.12. The highest BCUT2D eigenvalue weighted by molar-refractivity contribution is 7.15. The van der Waals surface area contributed by atoms with E-state index in [4.69, 9.17) is 0 Å². The van der Waals surface area contributed by atoms with Crippen LogP contribution >= 0.6 is 11.3 Å².